The number of aromatic nitrogens is 3. The molecule has 160 valence electrons. The number of esters is 1. The molecule has 2 aromatic rings. The maximum Gasteiger partial charge on any atom is 0.351 e. The first-order chi connectivity index (χ1) is 14.2. The summed E-state index contributed by atoms with van der Waals surface area (Å²) in [6.07, 6.45) is 1.24. The van der Waals surface area contributed by atoms with Crippen LogP contribution in [-0.2, 0) is 16.6 Å². The van der Waals surface area contributed by atoms with Crippen LogP contribution in [0, 0.1) is 19.8 Å². The number of amides is 1. The van der Waals surface area contributed by atoms with E-state index >= 15 is 0 Å². The normalized spacial score (nSPS) is 16.4. The zero-order valence-electron chi connectivity index (χ0n) is 17.7. The molecule has 1 fully saturated rings. The van der Waals surface area contributed by atoms with Crippen LogP contribution in [0.15, 0.2) is 27.8 Å². The molecule has 1 amide bonds. The summed E-state index contributed by atoms with van der Waals surface area (Å²) in [6.45, 7) is 6.41. The standard InChI is InChI=1S/C21H26N4O5/c1-5-30-20(28)15-7-6-10-24(12-15)19(27)17-18(26)23(4)21(29)25(22-17)16-9-8-13(2)14(3)11-16/h8-9,11,15H,5-7,10,12H2,1-4H3. The molecule has 1 saturated heterocycles. The lowest BCUT2D eigenvalue weighted by Gasteiger charge is -2.31. The predicted octanol–water partition coefficient (Wildman–Crippen LogP) is 0.963. The monoisotopic (exact) mass is 414 g/mol. The van der Waals surface area contributed by atoms with Gasteiger partial charge in [0.15, 0.2) is 0 Å². The summed E-state index contributed by atoms with van der Waals surface area (Å²) in [6, 6.07) is 5.34. The van der Waals surface area contributed by atoms with E-state index in [4.69, 9.17) is 4.74 Å². The average molecular weight is 414 g/mol. The number of carbonyl (C=O) groups is 2. The predicted molar refractivity (Wildman–Crippen MR) is 110 cm³/mol. The van der Waals surface area contributed by atoms with Crippen molar-refractivity contribution in [2.75, 3.05) is 19.7 Å². The maximum absolute atomic E-state index is 13.1. The molecule has 1 aromatic heterocycles. The average Bonchev–Trinajstić information content (AvgIpc) is 2.74. The van der Waals surface area contributed by atoms with Gasteiger partial charge in [-0.1, -0.05) is 6.07 Å². The lowest BCUT2D eigenvalue weighted by atomic mass is 9.98. The van der Waals surface area contributed by atoms with Crippen LogP contribution >= 0.6 is 0 Å². The number of ether oxygens (including phenoxy) is 1. The number of carbonyl (C=O) groups excluding carboxylic acids is 2. The highest BCUT2D eigenvalue weighted by molar-refractivity contribution is 5.92. The molecule has 0 bridgehead atoms. The highest BCUT2D eigenvalue weighted by atomic mass is 16.5. The molecule has 1 aromatic carbocycles. The van der Waals surface area contributed by atoms with Gasteiger partial charge in [0.1, 0.15) is 0 Å². The first-order valence-corrected chi connectivity index (χ1v) is 9.98. The molecule has 9 heteroatoms. The third-order valence-corrected chi connectivity index (χ3v) is 5.44. The van der Waals surface area contributed by atoms with E-state index < -0.39 is 23.1 Å². The summed E-state index contributed by atoms with van der Waals surface area (Å²) < 4.78 is 7.01. The number of likely N-dealkylation sites (tertiary alicyclic amines) is 1. The van der Waals surface area contributed by atoms with Crippen molar-refractivity contribution in [2.24, 2.45) is 13.0 Å². The minimum atomic E-state index is -0.761. The summed E-state index contributed by atoms with van der Waals surface area (Å²) >= 11 is 0. The van der Waals surface area contributed by atoms with Gasteiger partial charge in [-0.3, -0.25) is 19.0 Å². The van der Waals surface area contributed by atoms with Gasteiger partial charge in [-0.15, -0.1) is 0 Å². The van der Waals surface area contributed by atoms with Crippen molar-refractivity contribution in [1.29, 1.82) is 0 Å². The first-order valence-electron chi connectivity index (χ1n) is 9.98. The number of hydrogen-bond donors (Lipinski definition) is 0. The molecule has 0 N–H and O–H groups in total. The van der Waals surface area contributed by atoms with Crippen LogP contribution in [0.1, 0.15) is 41.4 Å². The fourth-order valence-corrected chi connectivity index (χ4v) is 3.50. The molecule has 1 atom stereocenters. The lowest BCUT2D eigenvalue weighted by Crippen LogP contribution is -2.48. The third-order valence-electron chi connectivity index (χ3n) is 5.44. The van der Waals surface area contributed by atoms with E-state index in [1.165, 1.54) is 11.9 Å². The highest BCUT2D eigenvalue weighted by Crippen LogP contribution is 2.19. The number of aryl methyl sites for hydroxylation is 2. The van der Waals surface area contributed by atoms with Gasteiger partial charge in [-0.25, -0.2) is 4.79 Å². The molecular formula is C21H26N4O5. The van der Waals surface area contributed by atoms with E-state index in [0.29, 0.717) is 25.1 Å². The Morgan fingerprint density at radius 3 is 2.60 bits per heavy atom. The Balaban J connectivity index is 1.99. The van der Waals surface area contributed by atoms with Crippen molar-refractivity contribution in [2.45, 2.75) is 33.6 Å². The topological polar surface area (TPSA) is 104 Å². The highest BCUT2D eigenvalue weighted by Gasteiger charge is 2.32. The second-order valence-corrected chi connectivity index (χ2v) is 7.52. The zero-order chi connectivity index (χ0) is 22.0. The van der Waals surface area contributed by atoms with E-state index in [1.54, 1.807) is 19.1 Å². The van der Waals surface area contributed by atoms with E-state index in [9.17, 15) is 19.2 Å². The smallest absolute Gasteiger partial charge is 0.351 e. The quantitative estimate of drug-likeness (QED) is 0.691. The third kappa shape index (κ3) is 4.05. The van der Waals surface area contributed by atoms with E-state index in [0.717, 1.165) is 20.4 Å². The summed E-state index contributed by atoms with van der Waals surface area (Å²) in [7, 11) is 1.32. The molecular weight excluding hydrogens is 388 g/mol. The molecule has 0 radical (unpaired) electrons. The van der Waals surface area contributed by atoms with Gasteiger partial charge >= 0.3 is 11.7 Å². The largest absolute Gasteiger partial charge is 0.466 e. The molecule has 3 rings (SSSR count). The zero-order valence-corrected chi connectivity index (χ0v) is 17.7. The summed E-state index contributed by atoms with van der Waals surface area (Å²) in [4.78, 5) is 51.9. The van der Waals surface area contributed by atoms with Crippen molar-refractivity contribution in [3.8, 4) is 5.69 Å². The Morgan fingerprint density at radius 2 is 1.93 bits per heavy atom. The molecule has 0 spiro atoms. The van der Waals surface area contributed by atoms with Crippen molar-refractivity contribution in [3.63, 3.8) is 0 Å². The second-order valence-electron chi connectivity index (χ2n) is 7.52. The SMILES string of the molecule is CCOC(=O)C1CCCN(C(=O)c2nn(-c3ccc(C)c(C)c3)c(=O)n(C)c2=O)C1. The molecule has 1 aliphatic heterocycles. The van der Waals surface area contributed by atoms with Crippen LogP contribution in [0.3, 0.4) is 0 Å². The number of nitrogens with zero attached hydrogens (tertiary/aromatic N) is 4. The van der Waals surface area contributed by atoms with E-state index in [-0.39, 0.29) is 24.8 Å². The Morgan fingerprint density at radius 1 is 1.20 bits per heavy atom. The van der Waals surface area contributed by atoms with E-state index in [2.05, 4.69) is 5.10 Å². The summed E-state index contributed by atoms with van der Waals surface area (Å²) in [5, 5.41) is 4.12. The van der Waals surface area contributed by atoms with Gasteiger partial charge in [0.2, 0.25) is 5.69 Å². The number of piperidine rings is 1. The molecule has 9 nitrogen and oxygen atoms in total. The Bertz CT molecular complexity index is 1100. The lowest BCUT2D eigenvalue weighted by molar-refractivity contribution is -0.149. The summed E-state index contributed by atoms with van der Waals surface area (Å²) in [5.74, 6) is -1.38. The van der Waals surface area contributed by atoms with Crippen LogP contribution in [0.4, 0.5) is 0 Å². The number of benzene rings is 1. The molecule has 0 aliphatic carbocycles. The second kappa shape index (κ2) is 8.64. The van der Waals surface area contributed by atoms with Gasteiger partial charge in [0.25, 0.3) is 11.5 Å². The Labute approximate surface area is 173 Å². The van der Waals surface area contributed by atoms with Crippen LogP contribution in [0.5, 0.6) is 0 Å². The van der Waals surface area contributed by atoms with Crippen molar-refractivity contribution >= 4 is 11.9 Å². The minimum Gasteiger partial charge on any atom is -0.466 e. The van der Waals surface area contributed by atoms with Gasteiger partial charge in [0.05, 0.1) is 18.2 Å². The van der Waals surface area contributed by atoms with Crippen molar-refractivity contribution in [1.82, 2.24) is 19.2 Å². The van der Waals surface area contributed by atoms with E-state index in [1.807, 2.05) is 19.9 Å². The van der Waals surface area contributed by atoms with Crippen LogP contribution < -0.4 is 11.2 Å². The Kier molecular flexibility index (Phi) is 6.19. The molecule has 1 aliphatic rings. The fraction of sp³-hybridized carbons (Fsp3) is 0.476. The van der Waals surface area contributed by atoms with Crippen molar-refractivity contribution < 1.29 is 14.3 Å². The number of hydrogen-bond acceptors (Lipinski definition) is 6. The molecule has 2 heterocycles. The van der Waals surface area contributed by atoms with Gasteiger partial charge in [-0.2, -0.15) is 9.78 Å². The Hall–Kier alpha value is -3.23. The fourth-order valence-electron chi connectivity index (χ4n) is 3.50. The van der Waals surface area contributed by atoms with Crippen LogP contribution in [0.25, 0.3) is 5.69 Å². The number of rotatable bonds is 4. The summed E-state index contributed by atoms with van der Waals surface area (Å²) in [5.41, 5.74) is 0.726. The molecule has 0 saturated carbocycles. The molecule has 1 unspecified atom stereocenters. The maximum atomic E-state index is 13.1. The molecule has 30 heavy (non-hydrogen) atoms. The van der Waals surface area contributed by atoms with Gasteiger partial charge in [-0.05, 0) is 56.9 Å². The van der Waals surface area contributed by atoms with Gasteiger partial charge < -0.3 is 9.64 Å². The minimum absolute atomic E-state index is 0.158. The van der Waals surface area contributed by atoms with Crippen LogP contribution in [0.2, 0.25) is 0 Å². The van der Waals surface area contributed by atoms with Crippen molar-refractivity contribution in [3.05, 3.63) is 55.9 Å². The van der Waals surface area contributed by atoms with Gasteiger partial charge in [0, 0.05) is 20.1 Å². The van der Waals surface area contributed by atoms with Crippen LogP contribution in [-0.4, -0.2) is 50.8 Å². The first kappa shape index (κ1) is 21.5.